The molecule has 2 aromatic rings. The van der Waals surface area contributed by atoms with Gasteiger partial charge in [-0.05, 0) is 31.5 Å². The summed E-state index contributed by atoms with van der Waals surface area (Å²) in [5, 5.41) is 3.08. The molecule has 1 N–H and O–H groups in total. The van der Waals surface area contributed by atoms with Gasteiger partial charge in [0.15, 0.2) is 5.43 Å². The maximum Gasteiger partial charge on any atom is 0.406 e. The normalized spacial score (nSPS) is 10.6. The molecule has 112 valence electrons. The number of halogens is 1. The minimum absolute atomic E-state index is 0.0889. The Kier molecular flexibility index (Phi) is 4.57. The van der Waals surface area contributed by atoms with Crippen molar-refractivity contribution in [2.45, 2.75) is 19.9 Å². The van der Waals surface area contributed by atoms with Crippen LogP contribution >= 0.6 is 0 Å². The number of ether oxygens (including phenoxy) is 1. The Morgan fingerprint density at radius 3 is 2.90 bits per heavy atom. The Balaban J connectivity index is 2.23. The second-order valence-corrected chi connectivity index (χ2v) is 4.77. The molecule has 0 saturated heterocycles. The molecule has 0 fully saturated rings. The molecule has 1 amide bonds. The van der Waals surface area contributed by atoms with Crippen molar-refractivity contribution in [1.82, 2.24) is 9.88 Å². The van der Waals surface area contributed by atoms with Gasteiger partial charge in [0.1, 0.15) is 5.82 Å². The van der Waals surface area contributed by atoms with E-state index in [4.69, 9.17) is 0 Å². The minimum atomic E-state index is -0.484. The average Bonchev–Trinajstić information content (AvgIpc) is 2.48. The number of rotatable bonds is 4. The van der Waals surface area contributed by atoms with Gasteiger partial charge in [-0.1, -0.05) is 0 Å². The Bertz CT molecular complexity index is 725. The van der Waals surface area contributed by atoms with E-state index < -0.39 is 6.09 Å². The van der Waals surface area contributed by atoms with Gasteiger partial charge in [-0.25, -0.2) is 9.18 Å². The molecule has 21 heavy (non-hydrogen) atoms. The quantitative estimate of drug-likeness (QED) is 0.879. The van der Waals surface area contributed by atoms with E-state index in [1.807, 2.05) is 4.57 Å². The maximum atomic E-state index is 13.4. The van der Waals surface area contributed by atoms with E-state index in [0.717, 1.165) is 0 Å². The van der Waals surface area contributed by atoms with E-state index in [2.05, 4.69) is 10.1 Å². The number of hydrogen-bond donors (Lipinski definition) is 1. The smallest absolute Gasteiger partial charge is 0.406 e. The molecule has 5 nitrogen and oxygen atoms in total. The van der Waals surface area contributed by atoms with Crippen LogP contribution in [0.4, 0.5) is 9.18 Å². The zero-order valence-corrected chi connectivity index (χ0v) is 12.0. The molecular weight excluding hydrogens is 275 g/mol. The molecule has 6 heteroatoms. The van der Waals surface area contributed by atoms with Crippen molar-refractivity contribution in [2.75, 3.05) is 13.7 Å². The first kappa shape index (κ1) is 15.0. The van der Waals surface area contributed by atoms with Gasteiger partial charge in [0.2, 0.25) is 0 Å². The van der Waals surface area contributed by atoms with E-state index in [0.29, 0.717) is 36.0 Å². The third kappa shape index (κ3) is 3.39. The summed E-state index contributed by atoms with van der Waals surface area (Å²) in [6, 6.07) is 4.14. The van der Waals surface area contributed by atoms with Crippen LogP contribution in [0.2, 0.25) is 0 Å². The van der Waals surface area contributed by atoms with Crippen molar-refractivity contribution in [3.63, 3.8) is 0 Å². The van der Waals surface area contributed by atoms with Crippen molar-refractivity contribution in [3.05, 3.63) is 46.0 Å². The molecule has 0 aliphatic heterocycles. The molecule has 0 aliphatic rings. The number of carbonyl (C=O) groups excluding carboxylic acids is 1. The van der Waals surface area contributed by atoms with Crippen LogP contribution in [0.3, 0.4) is 0 Å². The maximum absolute atomic E-state index is 13.4. The molecule has 0 radical (unpaired) electrons. The highest BCUT2D eigenvalue weighted by molar-refractivity contribution is 5.79. The fraction of sp³-hybridized carbons (Fsp3) is 0.333. The minimum Gasteiger partial charge on any atom is -0.453 e. The van der Waals surface area contributed by atoms with Gasteiger partial charge in [0.25, 0.3) is 0 Å². The van der Waals surface area contributed by atoms with Crippen molar-refractivity contribution in [1.29, 1.82) is 0 Å². The number of alkyl carbamates (subject to hydrolysis) is 1. The summed E-state index contributed by atoms with van der Waals surface area (Å²) in [6.45, 7) is 2.73. The lowest BCUT2D eigenvalue weighted by Gasteiger charge is -2.12. The summed E-state index contributed by atoms with van der Waals surface area (Å²) in [5.74, 6) is -0.382. The number of methoxy groups -OCH3 is 1. The van der Waals surface area contributed by atoms with Crippen molar-refractivity contribution >= 4 is 17.0 Å². The number of fused-ring (bicyclic) bond motifs is 1. The zero-order chi connectivity index (χ0) is 15.4. The number of aromatic nitrogens is 1. The number of hydrogen-bond acceptors (Lipinski definition) is 3. The van der Waals surface area contributed by atoms with Gasteiger partial charge in [0.05, 0.1) is 12.6 Å². The van der Waals surface area contributed by atoms with Gasteiger partial charge in [-0.3, -0.25) is 4.79 Å². The summed E-state index contributed by atoms with van der Waals surface area (Å²) in [4.78, 5) is 23.0. The Labute approximate surface area is 121 Å². The number of benzene rings is 1. The lowest BCUT2D eigenvalue weighted by molar-refractivity contribution is 0.171. The molecule has 0 saturated carbocycles. The second-order valence-electron chi connectivity index (χ2n) is 4.77. The average molecular weight is 292 g/mol. The lowest BCUT2D eigenvalue weighted by Crippen LogP contribution is -2.25. The van der Waals surface area contributed by atoms with E-state index in [1.54, 1.807) is 13.1 Å². The third-order valence-corrected chi connectivity index (χ3v) is 3.25. The number of amides is 1. The molecule has 0 bridgehead atoms. The van der Waals surface area contributed by atoms with Gasteiger partial charge in [0, 0.05) is 30.2 Å². The zero-order valence-electron chi connectivity index (χ0n) is 12.0. The molecular formula is C15H17FN2O3. The van der Waals surface area contributed by atoms with Crippen LogP contribution in [0.1, 0.15) is 12.0 Å². The van der Waals surface area contributed by atoms with E-state index in [9.17, 15) is 14.0 Å². The first-order valence-electron chi connectivity index (χ1n) is 6.64. The molecule has 0 spiro atoms. The topological polar surface area (TPSA) is 60.3 Å². The highest BCUT2D eigenvalue weighted by atomic mass is 19.1. The van der Waals surface area contributed by atoms with Gasteiger partial charge in [-0.15, -0.1) is 0 Å². The summed E-state index contributed by atoms with van der Waals surface area (Å²) < 4.78 is 19.7. The van der Waals surface area contributed by atoms with Crippen LogP contribution in [-0.4, -0.2) is 24.3 Å². The summed E-state index contributed by atoms with van der Waals surface area (Å²) >= 11 is 0. The van der Waals surface area contributed by atoms with Gasteiger partial charge >= 0.3 is 6.09 Å². The summed E-state index contributed by atoms with van der Waals surface area (Å²) in [6.07, 6.45) is 1.87. The van der Waals surface area contributed by atoms with E-state index in [1.165, 1.54) is 25.3 Å². The molecule has 1 aromatic heterocycles. The van der Waals surface area contributed by atoms with Gasteiger partial charge < -0.3 is 14.6 Å². The standard InChI is InChI=1S/C15H17FN2O3/c1-10-9-18(7-3-6-17-15(20)21-2)13-8-11(16)4-5-12(13)14(10)19/h4-5,8-9H,3,6-7H2,1-2H3,(H,17,20). The predicted octanol–water partition coefficient (Wildman–Crippen LogP) is 2.20. The Morgan fingerprint density at radius 2 is 2.19 bits per heavy atom. The van der Waals surface area contributed by atoms with E-state index >= 15 is 0 Å². The van der Waals surface area contributed by atoms with Crippen LogP contribution in [0.15, 0.2) is 29.2 Å². The van der Waals surface area contributed by atoms with Crippen molar-refractivity contribution < 1.29 is 13.9 Å². The predicted molar refractivity (Wildman–Crippen MR) is 77.9 cm³/mol. The molecule has 2 rings (SSSR count). The largest absolute Gasteiger partial charge is 0.453 e. The summed E-state index contributed by atoms with van der Waals surface area (Å²) in [7, 11) is 1.30. The highest BCUT2D eigenvalue weighted by Crippen LogP contribution is 2.14. The monoisotopic (exact) mass is 292 g/mol. The van der Waals surface area contributed by atoms with Crippen LogP contribution in [0, 0.1) is 12.7 Å². The van der Waals surface area contributed by atoms with Gasteiger partial charge in [-0.2, -0.15) is 0 Å². The molecule has 1 heterocycles. The molecule has 1 aromatic carbocycles. The number of carbonyl (C=O) groups is 1. The lowest BCUT2D eigenvalue weighted by atomic mass is 10.1. The fourth-order valence-electron chi connectivity index (χ4n) is 2.21. The number of nitrogens with one attached hydrogen (secondary N) is 1. The number of pyridine rings is 1. The van der Waals surface area contributed by atoms with Crippen LogP contribution in [0.5, 0.6) is 0 Å². The van der Waals surface area contributed by atoms with E-state index in [-0.39, 0.29) is 11.2 Å². The first-order chi connectivity index (χ1) is 10.0. The summed E-state index contributed by atoms with van der Waals surface area (Å²) in [5.41, 5.74) is 1.08. The van der Waals surface area contributed by atoms with Crippen molar-refractivity contribution in [2.24, 2.45) is 0 Å². The third-order valence-electron chi connectivity index (χ3n) is 3.25. The highest BCUT2D eigenvalue weighted by Gasteiger charge is 2.07. The van der Waals surface area contributed by atoms with Crippen LogP contribution in [-0.2, 0) is 11.3 Å². The van der Waals surface area contributed by atoms with Crippen LogP contribution in [0.25, 0.3) is 10.9 Å². The van der Waals surface area contributed by atoms with Crippen LogP contribution < -0.4 is 10.7 Å². The number of aryl methyl sites for hydroxylation is 2. The Morgan fingerprint density at radius 1 is 1.43 bits per heavy atom. The number of nitrogens with zero attached hydrogens (tertiary/aromatic N) is 1. The SMILES string of the molecule is COC(=O)NCCCn1cc(C)c(=O)c2ccc(F)cc21. The molecule has 0 unspecified atom stereocenters. The molecule has 0 atom stereocenters. The first-order valence-corrected chi connectivity index (χ1v) is 6.64. The second kappa shape index (κ2) is 6.39. The Hall–Kier alpha value is -2.37. The van der Waals surface area contributed by atoms with Crippen molar-refractivity contribution in [3.8, 4) is 0 Å². The fourth-order valence-corrected chi connectivity index (χ4v) is 2.21. The molecule has 0 aliphatic carbocycles.